The second-order valence-electron chi connectivity index (χ2n) is 3.13. The maximum atomic E-state index is 10.1. The van der Waals surface area contributed by atoms with E-state index in [-0.39, 0.29) is 5.54 Å². The lowest BCUT2D eigenvalue weighted by molar-refractivity contribution is -0.131. The maximum absolute atomic E-state index is 10.1. The summed E-state index contributed by atoms with van der Waals surface area (Å²) in [5, 5.41) is 11.2. The first-order chi connectivity index (χ1) is 5.48. The summed E-state index contributed by atoms with van der Waals surface area (Å²) in [6.07, 6.45) is 2.46. The van der Waals surface area contributed by atoms with E-state index in [0.29, 0.717) is 6.61 Å². The van der Waals surface area contributed by atoms with Crippen LogP contribution in [0.25, 0.3) is 0 Å². The van der Waals surface area contributed by atoms with Crippen molar-refractivity contribution < 1.29 is 14.6 Å². The molecule has 12 heavy (non-hydrogen) atoms. The fourth-order valence-corrected chi connectivity index (χ4v) is 0.741. The summed E-state index contributed by atoms with van der Waals surface area (Å²) in [5.41, 5.74) is -0.235. The van der Waals surface area contributed by atoms with Crippen LogP contribution < -0.4 is 5.32 Å². The highest BCUT2D eigenvalue weighted by Gasteiger charge is 2.13. The number of hydrogen-bond acceptors (Lipinski definition) is 3. The Balaban J connectivity index is 3.82. The van der Waals surface area contributed by atoms with Crippen LogP contribution in [0.2, 0.25) is 0 Å². The number of rotatable bonds is 5. The quantitative estimate of drug-likeness (QED) is 0.598. The molecule has 0 aliphatic rings. The van der Waals surface area contributed by atoms with Crippen molar-refractivity contribution in [3.8, 4) is 0 Å². The highest BCUT2D eigenvalue weighted by molar-refractivity contribution is 5.79. The van der Waals surface area contributed by atoms with Gasteiger partial charge in [0.05, 0.1) is 12.1 Å². The molecule has 0 aromatic carbocycles. The van der Waals surface area contributed by atoms with Crippen LogP contribution in [0.1, 0.15) is 13.8 Å². The van der Waals surface area contributed by atoms with E-state index in [0.717, 1.165) is 6.08 Å². The van der Waals surface area contributed by atoms with E-state index in [9.17, 15) is 4.79 Å². The van der Waals surface area contributed by atoms with Gasteiger partial charge in [0.15, 0.2) is 0 Å². The molecule has 0 aromatic rings. The number of carboxylic acids is 1. The maximum Gasteiger partial charge on any atom is 0.329 e. The Bertz CT molecular complexity index is 175. The first kappa shape index (κ1) is 11.0. The van der Waals surface area contributed by atoms with E-state index in [2.05, 4.69) is 5.32 Å². The van der Waals surface area contributed by atoms with Crippen molar-refractivity contribution in [2.75, 3.05) is 13.7 Å². The van der Waals surface area contributed by atoms with Gasteiger partial charge in [-0.25, -0.2) is 4.79 Å². The van der Waals surface area contributed by atoms with Crippen LogP contribution in [0.4, 0.5) is 0 Å². The molecule has 0 aliphatic carbocycles. The molecule has 0 heterocycles. The van der Waals surface area contributed by atoms with Crippen molar-refractivity contribution in [2.45, 2.75) is 19.4 Å². The summed E-state index contributed by atoms with van der Waals surface area (Å²) in [7, 11) is 1.60. The SMILES string of the molecule is COCC(C)(C)N/C=C/C(=O)O. The Kier molecular flexibility index (Phi) is 4.36. The van der Waals surface area contributed by atoms with Gasteiger partial charge >= 0.3 is 5.97 Å². The first-order valence-electron chi connectivity index (χ1n) is 3.64. The van der Waals surface area contributed by atoms with Crippen molar-refractivity contribution in [1.29, 1.82) is 0 Å². The van der Waals surface area contributed by atoms with Crippen LogP contribution in [-0.4, -0.2) is 30.3 Å². The molecule has 0 atom stereocenters. The van der Waals surface area contributed by atoms with Crippen LogP contribution in [-0.2, 0) is 9.53 Å². The average Bonchev–Trinajstić information content (AvgIpc) is 1.85. The Labute approximate surface area is 72.2 Å². The van der Waals surface area contributed by atoms with E-state index < -0.39 is 5.97 Å². The van der Waals surface area contributed by atoms with Gasteiger partial charge in [-0.15, -0.1) is 0 Å². The number of carboxylic acid groups (broad SMARTS) is 1. The fraction of sp³-hybridized carbons (Fsp3) is 0.625. The Hall–Kier alpha value is -1.03. The number of aliphatic carboxylic acids is 1. The molecule has 0 radical (unpaired) electrons. The number of hydrogen-bond donors (Lipinski definition) is 2. The van der Waals surface area contributed by atoms with Gasteiger partial charge in [0.1, 0.15) is 0 Å². The molecule has 4 heteroatoms. The minimum absolute atomic E-state index is 0.235. The fourth-order valence-electron chi connectivity index (χ4n) is 0.741. The first-order valence-corrected chi connectivity index (χ1v) is 3.64. The van der Waals surface area contributed by atoms with Crippen LogP contribution >= 0.6 is 0 Å². The zero-order valence-corrected chi connectivity index (χ0v) is 7.63. The van der Waals surface area contributed by atoms with Gasteiger partial charge in [-0.05, 0) is 13.8 Å². The highest BCUT2D eigenvalue weighted by Crippen LogP contribution is 2.01. The predicted octanol–water partition coefficient (Wildman–Crippen LogP) is 0.599. The molecule has 0 aromatic heterocycles. The van der Waals surface area contributed by atoms with Crippen molar-refractivity contribution in [3.05, 3.63) is 12.3 Å². The summed E-state index contributed by atoms with van der Waals surface area (Å²) in [4.78, 5) is 10.1. The topological polar surface area (TPSA) is 58.6 Å². The predicted molar refractivity (Wildman–Crippen MR) is 45.9 cm³/mol. The van der Waals surface area contributed by atoms with Gasteiger partial charge in [0, 0.05) is 19.4 Å². The Morgan fingerprint density at radius 3 is 2.67 bits per heavy atom. The lowest BCUT2D eigenvalue weighted by Gasteiger charge is -2.23. The number of methoxy groups -OCH3 is 1. The van der Waals surface area contributed by atoms with E-state index in [1.807, 2.05) is 13.8 Å². The monoisotopic (exact) mass is 173 g/mol. The van der Waals surface area contributed by atoms with Gasteiger partial charge in [-0.3, -0.25) is 0 Å². The number of nitrogens with one attached hydrogen (secondary N) is 1. The molecule has 0 saturated carbocycles. The minimum Gasteiger partial charge on any atom is -0.478 e. The summed E-state index contributed by atoms with van der Waals surface area (Å²) in [6.45, 7) is 4.36. The van der Waals surface area contributed by atoms with Crippen molar-refractivity contribution in [3.63, 3.8) is 0 Å². The molecule has 2 N–H and O–H groups in total. The van der Waals surface area contributed by atoms with Gasteiger partial charge in [-0.2, -0.15) is 0 Å². The molecule has 70 valence electrons. The zero-order chi connectivity index (χ0) is 9.61. The van der Waals surface area contributed by atoms with Gasteiger partial charge in [0.25, 0.3) is 0 Å². The highest BCUT2D eigenvalue weighted by atomic mass is 16.5. The minimum atomic E-state index is -0.962. The van der Waals surface area contributed by atoms with Crippen LogP contribution in [0, 0.1) is 0 Å². The Morgan fingerprint density at radius 2 is 2.25 bits per heavy atom. The van der Waals surface area contributed by atoms with E-state index in [1.165, 1.54) is 6.20 Å². The second kappa shape index (κ2) is 4.77. The Morgan fingerprint density at radius 1 is 1.67 bits per heavy atom. The molecule has 0 amide bonds. The molecule has 4 nitrogen and oxygen atoms in total. The smallest absolute Gasteiger partial charge is 0.329 e. The summed E-state index contributed by atoms with van der Waals surface area (Å²) < 4.78 is 4.92. The lowest BCUT2D eigenvalue weighted by atomic mass is 10.1. The molecule has 0 aliphatic heterocycles. The normalized spacial score (nSPS) is 11.9. The van der Waals surface area contributed by atoms with Gasteiger partial charge in [-0.1, -0.05) is 0 Å². The van der Waals surface area contributed by atoms with Gasteiger partial charge < -0.3 is 15.2 Å². The van der Waals surface area contributed by atoms with Crippen molar-refractivity contribution in [1.82, 2.24) is 5.32 Å². The van der Waals surface area contributed by atoms with E-state index in [1.54, 1.807) is 7.11 Å². The van der Waals surface area contributed by atoms with Gasteiger partial charge in [0.2, 0.25) is 0 Å². The molecule has 0 unspecified atom stereocenters. The molecule has 0 rings (SSSR count). The largest absolute Gasteiger partial charge is 0.478 e. The van der Waals surface area contributed by atoms with E-state index >= 15 is 0 Å². The summed E-state index contributed by atoms with van der Waals surface area (Å²) in [6, 6.07) is 0. The van der Waals surface area contributed by atoms with E-state index in [4.69, 9.17) is 9.84 Å². The van der Waals surface area contributed by atoms with Crippen molar-refractivity contribution >= 4 is 5.97 Å². The zero-order valence-electron chi connectivity index (χ0n) is 7.63. The third-order valence-corrected chi connectivity index (χ3v) is 1.21. The van der Waals surface area contributed by atoms with Crippen LogP contribution in [0.5, 0.6) is 0 Å². The van der Waals surface area contributed by atoms with Crippen LogP contribution in [0.15, 0.2) is 12.3 Å². The third-order valence-electron chi connectivity index (χ3n) is 1.21. The molecule has 0 fully saturated rings. The summed E-state index contributed by atoms with van der Waals surface area (Å²) in [5.74, 6) is -0.962. The molecule has 0 bridgehead atoms. The number of ether oxygens (including phenoxy) is 1. The standard InChI is InChI=1S/C8H15NO3/c1-8(2,6-12-3)9-5-4-7(10)11/h4-5,9H,6H2,1-3H3,(H,10,11)/b5-4+. The summed E-state index contributed by atoms with van der Waals surface area (Å²) >= 11 is 0. The molecule has 0 spiro atoms. The lowest BCUT2D eigenvalue weighted by Crippen LogP contribution is -2.39. The second-order valence-corrected chi connectivity index (χ2v) is 3.13. The van der Waals surface area contributed by atoms with Crippen LogP contribution in [0.3, 0.4) is 0 Å². The van der Waals surface area contributed by atoms with Crippen molar-refractivity contribution in [2.24, 2.45) is 0 Å². The number of carbonyl (C=O) groups is 1. The average molecular weight is 173 g/mol. The molecule has 0 saturated heterocycles. The molecular weight excluding hydrogens is 158 g/mol. The third kappa shape index (κ3) is 5.73. The molecular formula is C8H15NO3.